The Hall–Kier alpha value is -0.790. The van der Waals surface area contributed by atoms with E-state index in [1.165, 1.54) is 4.68 Å². The van der Waals surface area contributed by atoms with Crippen molar-refractivity contribution in [2.75, 3.05) is 6.61 Å². The van der Waals surface area contributed by atoms with E-state index in [9.17, 15) is 13.2 Å². The molecule has 0 spiro atoms. The lowest BCUT2D eigenvalue weighted by molar-refractivity contribution is -0.190. The Bertz CT molecular complexity index is 364. The van der Waals surface area contributed by atoms with Gasteiger partial charge in [0.2, 0.25) is 0 Å². The zero-order valence-corrected chi connectivity index (χ0v) is 9.48. The van der Waals surface area contributed by atoms with Crippen molar-refractivity contribution in [1.29, 1.82) is 0 Å². The fourth-order valence-electron chi connectivity index (χ4n) is 1.12. The van der Waals surface area contributed by atoms with Crippen LogP contribution in [0.25, 0.3) is 0 Å². The number of rotatable bonds is 4. The normalized spacial score (nSPS) is 12.1. The van der Waals surface area contributed by atoms with Crippen molar-refractivity contribution in [3.63, 3.8) is 0 Å². The smallest absolute Gasteiger partial charge is 0.292 e. The van der Waals surface area contributed by atoms with Crippen LogP contribution in [0.3, 0.4) is 0 Å². The third kappa shape index (κ3) is 3.66. The number of hydroxylamine groups is 1. The minimum absolute atomic E-state index is 0.0618. The summed E-state index contributed by atoms with van der Waals surface area (Å²) < 4.78 is 36.7. The standard InChI is InChI=1S/C8H11ClF3N3O/c1-5-7(9)6(15(2)14-5)3-13-16-4-8(10,11)12/h13H,3-4H2,1-2H3. The maximum Gasteiger partial charge on any atom is 0.413 e. The molecule has 0 amide bonds. The summed E-state index contributed by atoms with van der Waals surface area (Å²) in [6.07, 6.45) is -4.35. The molecule has 0 aromatic carbocycles. The van der Waals surface area contributed by atoms with Gasteiger partial charge in [-0.2, -0.15) is 23.8 Å². The van der Waals surface area contributed by atoms with Crippen molar-refractivity contribution < 1.29 is 18.0 Å². The van der Waals surface area contributed by atoms with E-state index in [0.29, 0.717) is 16.4 Å². The lowest BCUT2D eigenvalue weighted by Gasteiger charge is -2.08. The SMILES string of the molecule is Cc1nn(C)c(CNOCC(F)(F)F)c1Cl. The first kappa shape index (κ1) is 13.3. The molecule has 1 rings (SSSR count). The number of aromatic nitrogens is 2. The molecule has 0 aliphatic carbocycles. The van der Waals surface area contributed by atoms with Gasteiger partial charge in [0.05, 0.1) is 23.0 Å². The lowest BCUT2D eigenvalue weighted by atomic mass is 10.4. The number of alkyl halides is 3. The molecule has 0 saturated carbocycles. The number of hydrogen-bond acceptors (Lipinski definition) is 3. The number of halogens is 4. The highest BCUT2D eigenvalue weighted by Crippen LogP contribution is 2.19. The quantitative estimate of drug-likeness (QED) is 0.662. The van der Waals surface area contributed by atoms with Crippen molar-refractivity contribution >= 4 is 11.6 Å². The minimum atomic E-state index is -4.35. The Morgan fingerprint density at radius 1 is 1.50 bits per heavy atom. The van der Waals surface area contributed by atoms with E-state index >= 15 is 0 Å². The molecule has 0 fully saturated rings. The van der Waals surface area contributed by atoms with E-state index in [2.05, 4.69) is 15.4 Å². The van der Waals surface area contributed by atoms with Crippen LogP contribution in [0.15, 0.2) is 0 Å². The average Bonchev–Trinajstić information content (AvgIpc) is 2.36. The third-order valence-electron chi connectivity index (χ3n) is 1.84. The van der Waals surface area contributed by atoms with E-state index in [0.717, 1.165) is 0 Å². The van der Waals surface area contributed by atoms with Crippen LogP contribution in [0.1, 0.15) is 11.4 Å². The molecule has 0 aliphatic heterocycles. The summed E-state index contributed by atoms with van der Waals surface area (Å²) in [6.45, 7) is 0.427. The molecule has 0 unspecified atom stereocenters. The van der Waals surface area contributed by atoms with Crippen LogP contribution in [0.4, 0.5) is 13.2 Å². The number of aryl methyl sites for hydroxylation is 2. The van der Waals surface area contributed by atoms with Gasteiger partial charge < -0.3 is 0 Å². The molecule has 4 nitrogen and oxygen atoms in total. The summed E-state index contributed by atoms with van der Waals surface area (Å²) >= 11 is 5.88. The van der Waals surface area contributed by atoms with Gasteiger partial charge in [0.1, 0.15) is 0 Å². The lowest BCUT2D eigenvalue weighted by Crippen LogP contribution is -2.25. The summed E-state index contributed by atoms with van der Waals surface area (Å²) in [5, 5.41) is 4.43. The fourth-order valence-corrected chi connectivity index (χ4v) is 1.35. The van der Waals surface area contributed by atoms with E-state index in [1.54, 1.807) is 14.0 Å². The first-order valence-corrected chi connectivity index (χ1v) is 4.78. The van der Waals surface area contributed by atoms with Gasteiger partial charge in [0, 0.05) is 7.05 Å². The summed E-state index contributed by atoms with van der Waals surface area (Å²) in [5.41, 5.74) is 3.38. The van der Waals surface area contributed by atoms with Gasteiger partial charge in [0.25, 0.3) is 0 Å². The van der Waals surface area contributed by atoms with Crippen LogP contribution < -0.4 is 5.48 Å². The van der Waals surface area contributed by atoms with Gasteiger partial charge in [0.15, 0.2) is 6.61 Å². The van der Waals surface area contributed by atoms with Crippen LogP contribution in [0.2, 0.25) is 5.02 Å². The first-order valence-electron chi connectivity index (χ1n) is 4.40. The maximum absolute atomic E-state index is 11.7. The summed E-state index contributed by atoms with van der Waals surface area (Å²) in [5.74, 6) is 0. The molecule has 0 aliphatic rings. The van der Waals surface area contributed by atoms with Gasteiger partial charge in [-0.25, -0.2) is 0 Å². The van der Waals surface area contributed by atoms with Gasteiger partial charge in [-0.15, -0.1) is 0 Å². The van der Waals surface area contributed by atoms with Crippen LogP contribution >= 0.6 is 11.6 Å². The van der Waals surface area contributed by atoms with Crippen molar-refractivity contribution in [3.8, 4) is 0 Å². The summed E-state index contributed by atoms with van der Waals surface area (Å²) in [7, 11) is 1.65. The molecule has 0 radical (unpaired) electrons. The first-order chi connectivity index (χ1) is 7.31. The minimum Gasteiger partial charge on any atom is -0.292 e. The Balaban J connectivity index is 2.43. The molecule has 0 bridgehead atoms. The molecule has 1 heterocycles. The highest BCUT2D eigenvalue weighted by atomic mass is 35.5. The van der Waals surface area contributed by atoms with Crippen LogP contribution in [0.5, 0.6) is 0 Å². The zero-order chi connectivity index (χ0) is 12.3. The Morgan fingerprint density at radius 3 is 2.56 bits per heavy atom. The van der Waals surface area contributed by atoms with E-state index in [4.69, 9.17) is 11.6 Å². The second kappa shape index (κ2) is 5.03. The number of hydrogen-bond donors (Lipinski definition) is 1. The second-order valence-electron chi connectivity index (χ2n) is 3.19. The second-order valence-corrected chi connectivity index (χ2v) is 3.57. The molecule has 1 aromatic heterocycles. The molecule has 0 saturated heterocycles. The van der Waals surface area contributed by atoms with Crippen LogP contribution in [0, 0.1) is 6.92 Å². The zero-order valence-electron chi connectivity index (χ0n) is 8.73. The average molecular weight is 258 g/mol. The van der Waals surface area contributed by atoms with Crippen LogP contribution in [-0.2, 0) is 18.4 Å². The highest BCUT2D eigenvalue weighted by Gasteiger charge is 2.27. The summed E-state index contributed by atoms with van der Waals surface area (Å²) in [4.78, 5) is 4.25. The predicted octanol–water partition coefficient (Wildman–Crippen LogP) is 1.97. The van der Waals surface area contributed by atoms with Gasteiger partial charge in [-0.05, 0) is 6.92 Å². The molecule has 0 atom stereocenters. The van der Waals surface area contributed by atoms with E-state index in [-0.39, 0.29) is 6.54 Å². The molecule has 92 valence electrons. The van der Waals surface area contributed by atoms with Crippen molar-refractivity contribution in [2.45, 2.75) is 19.6 Å². The van der Waals surface area contributed by atoms with Crippen LogP contribution in [-0.4, -0.2) is 22.6 Å². The van der Waals surface area contributed by atoms with Gasteiger partial charge in [-0.3, -0.25) is 9.52 Å². The van der Waals surface area contributed by atoms with Crippen molar-refractivity contribution in [2.24, 2.45) is 7.05 Å². The molecule has 16 heavy (non-hydrogen) atoms. The van der Waals surface area contributed by atoms with Crippen molar-refractivity contribution in [3.05, 3.63) is 16.4 Å². The van der Waals surface area contributed by atoms with E-state index in [1.807, 2.05) is 0 Å². The molecule has 1 aromatic rings. The summed E-state index contributed by atoms with van der Waals surface area (Å²) in [6, 6.07) is 0. The molecular weight excluding hydrogens is 247 g/mol. The molecule has 1 N–H and O–H groups in total. The number of nitrogens with one attached hydrogen (secondary N) is 1. The number of nitrogens with zero attached hydrogens (tertiary/aromatic N) is 2. The topological polar surface area (TPSA) is 39.1 Å². The Kier molecular flexibility index (Phi) is 4.17. The fraction of sp³-hybridized carbons (Fsp3) is 0.625. The van der Waals surface area contributed by atoms with E-state index < -0.39 is 12.8 Å². The van der Waals surface area contributed by atoms with Gasteiger partial charge in [-0.1, -0.05) is 11.6 Å². The molecular formula is C8H11ClF3N3O. The predicted molar refractivity (Wildman–Crippen MR) is 51.8 cm³/mol. The third-order valence-corrected chi connectivity index (χ3v) is 2.33. The highest BCUT2D eigenvalue weighted by molar-refractivity contribution is 6.31. The Labute approximate surface area is 95.3 Å². The van der Waals surface area contributed by atoms with Gasteiger partial charge >= 0.3 is 6.18 Å². The largest absolute Gasteiger partial charge is 0.413 e. The maximum atomic E-state index is 11.7. The monoisotopic (exact) mass is 257 g/mol. The molecule has 8 heteroatoms. The Morgan fingerprint density at radius 2 is 2.12 bits per heavy atom. The van der Waals surface area contributed by atoms with Crippen molar-refractivity contribution in [1.82, 2.24) is 15.3 Å².